The molecule has 0 atom stereocenters. The maximum absolute atomic E-state index is 12.0. The summed E-state index contributed by atoms with van der Waals surface area (Å²) in [6, 6.07) is 2.18. The van der Waals surface area contributed by atoms with Gasteiger partial charge in [-0.3, -0.25) is 4.79 Å². The number of nitrogens with zero attached hydrogens (tertiary/aromatic N) is 3. The Morgan fingerprint density at radius 3 is 3.10 bits per heavy atom. The van der Waals surface area contributed by atoms with Crippen LogP contribution in [-0.2, 0) is 24.2 Å². The van der Waals surface area contributed by atoms with E-state index in [0.29, 0.717) is 10.6 Å². The second-order valence-corrected chi connectivity index (χ2v) is 5.90. The van der Waals surface area contributed by atoms with E-state index >= 15 is 0 Å². The van der Waals surface area contributed by atoms with Crippen molar-refractivity contribution < 1.29 is 19.1 Å². The number of aryl methyl sites for hydroxylation is 1. The summed E-state index contributed by atoms with van der Waals surface area (Å²) in [7, 11) is 0. The van der Waals surface area contributed by atoms with Crippen LogP contribution in [0.4, 0.5) is 5.00 Å². The molecule has 0 aliphatic heterocycles. The summed E-state index contributed by atoms with van der Waals surface area (Å²) in [6.07, 6.45) is 5.15. The highest BCUT2D eigenvalue weighted by Gasteiger charge is 2.22. The summed E-state index contributed by atoms with van der Waals surface area (Å²) >= 11 is 1.46. The van der Waals surface area contributed by atoms with Gasteiger partial charge in [0.1, 0.15) is 17.0 Å². The molecule has 0 radical (unpaired) electrons. The van der Waals surface area contributed by atoms with Gasteiger partial charge in [0.25, 0.3) is 12.5 Å². The molecule has 108 valence electrons. The van der Waals surface area contributed by atoms with Crippen LogP contribution in [0.15, 0.2) is 10.7 Å². The fourth-order valence-corrected chi connectivity index (χ4v) is 3.68. The number of nitrogens with one attached hydrogen (secondary N) is 1. The quantitative estimate of drug-likeness (QED) is 0.830. The molecule has 0 bridgehead atoms. The first-order valence-corrected chi connectivity index (χ1v) is 7.37. The smallest absolute Gasteiger partial charge is 0.293 e. The number of carbonyl (C=O) groups excluding carboxylic acids is 1. The minimum absolute atomic E-state index is 0.126. The summed E-state index contributed by atoms with van der Waals surface area (Å²) < 4.78 is 5.48. The van der Waals surface area contributed by atoms with Gasteiger partial charge in [0.15, 0.2) is 0 Å². The third-order valence-corrected chi connectivity index (χ3v) is 4.54. The second kappa shape index (κ2) is 5.54. The third-order valence-electron chi connectivity index (χ3n) is 3.33. The first kappa shape index (κ1) is 13.6. The van der Waals surface area contributed by atoms with E-state index in [1.54, 1.807) is 0 Å². The number of hydrogen-bond donors (Lipinski definition) is 1. The molecule has 2 heterocycles. The van der Waals surface area contributed by atoms with E-state index in [0.717, 1.165) is 42.1 Å². The molecule has 1 aliphatic rings. The zero-order chi connectivity index (χ0) is 14.8. The van der Waals surface area contributed by atoms with E-state index in [1.165, 1.54) is 16.2 Å². The van der Waals surface area contributed by atoms with Crippen molar-refractivity contribution in [3.8, 4) is 12.0 Å². The van der Waals surface area contributed by atoms with Crippen LogP contribution >= 0.6 is 11.3 Å². The minimum Gasteiger partial charge on any atom is -0.539 e. The second-order valence-electron chi connectivity index (χ2n) is 4.79. The zero-order valence-corrected chi connectivity index (χ0v) is 11.9. The van der Waals surface area contributed by atoms with E-state index in [2.05, 4.69) is 21.2 Å². The Labute approximate surface area is 124 Å². The Morgan fingerprint density at radius 2 is 2.38 bits per heavy atom. The van der Waals surface area contributed by atoms with Gasteiger partial charge in [-0.1, -0.05) is 4.68 Å². The number of aromatic nitrogens is 2. The average molecular weight is 304 g/mol. The molecule has 8 heteroatoms. The zero-order valence-electron chi connectivity index (χ0n) is 11.1. The summed E-state index contributed by atoms with van der Waals surface area (Å²) in [5.41, 5.74) is 1.64. The number of thiophene rings is 1. The van der Waals surface area contributed by atoms with Crippen molar-refractivity contribution in [1.29, 1.82) is 5.26 Å². The molecule has 1 aliphatic carbocycles. The van der Waals surface area contributed by atoms with E-state index in [4.69, 9.17) is 0 Å². The van der Waals surface area contributed by atoms with E-state index in [9.17, 15) is 15.2 Å². The van der Waals surface area contributed by atoms with Crippen LogP contribution in [0.25, 0.3) is 0 Å². The molecule has 0 saturated carbocycles. The standard InChI is InChI=1S/C13H12N4O3S/c14-5-9-8-3-1-2-4-10(8)21-13(9)15-11(18)6-17-7-12(19)20-16-17/h7H,1-4,6H2,(H-,15,16,18,19). The van der Waals surface area contributed by atoms with Crippen LogP contribution in [0.3, 0.4) is 0 Å². The largest absolute Gasteiger partial charge is 0.539 e. The third kappa shape index (κ3) is 2.73. The summed E-state index contributed by atoms with van der Waals surface area (Å²) in [5.74, 6) is -0.949. The molecule has 7 nitrogen and oxygen atoms in total. The Balaban J connectivity index is 1.77. The molecule has 0 fully saturated rings. The number of fused-ring (bicyclic) bond motifs is 1. The number of amides is 1. The Kier molecular flexibility index (Phi) is 3.58. The molecule has 2 aromatic rings. The summed E-state index contributed by atoms with van der Waals surface area (Å²) in [5, 5.41) is 26.9. The van der Waals surface area contributed by atoms with Crippen LogP contribution in [0.1, 0.15) is 28.8 Å². The molecule has 3 rings (SSSR count). The van der Waals surface area contributed by atoms with Crippen molar-refractivity contribution in [1.82, 2.24) is 5.27 Å². The number of nitriles is 1. The van der Waals surface area contributed by atoms with Gasteiger partial charge in [0.05, 0.1) is 10.8 Å². The first-order valence-electron chi connectivity index (χ1n) is 6.55. The van der Waals surface area contributed by atoms with E-state index in [1.807, 2.05) is 0 Å². The number of rotatable bonds is 3. The lowest BCUT2D eigenvalue weighted by molar-refractivity contribution is -0.750. The molecular formula is C13H12N4O3S. The van der Waals surface area contributed by atoms with Crippen molar-refractivity contribution in [2.24, 2.45) is 0 Å². The predicted molar refractivity (Wildman–Crippen MR) is 70.4 cm³/mol. The van der Waals surface area contributed by atoms with Crippen molar-refractivity contribution in [3.63, 3.8) is 0 Å². The van der Waals surface area contributed by atoms with Gasteiger partial charge in [0.2, 0.25) is 6.20 Å². The van der Waals surface area contributed by atoms with Crippen molar-refractivity contribution in [3.05, 3.63) is 22.2 Å². The van der Waals surface area contributed by atoms with E-state index < -0.39 is 5.95 Å². The van der Waals surface area contributed by atoms with Gasteiger partial charge < -0.3 is 14.9 Å². The average Bonchev–Trinajstić information content (AvgIpc) is 3.01. The SMILES string of the molecule is N#Cc1c(NC(=O)C[n+]2cc([O-])on2)sc2c1CCCC2. The number of carbonyl (C=O) groups is 1. The minimum atomic E-state index is -0.605. The van der Waals surface area contributed by atoms with Crippen LogP contribution in [0.2, 0.25) is 0 Å². The molecule has 1 N–H and O–H groups in total. The maximum atomic E-state index is 12.0. The number of hydrogen-bond acceptors (Lipinski definition) is 6. The maximum Gasteiger partial charge on any atom is 0.293 e. The lowest BCUT2D eigenvalue weighted by Gasteiger charge is -2.09. The molecule has 0 unspecified atom stereocenters. The fraction of sp³-hybridized carbons (Fsp3) is 0.385. The summed E-state index contributed by atoms with van der Waals surface area (Å²) in [6.45, 7) is -0.126. The molecule has 0 aromatic carbocycles. The van der Waals surface area contributed by atoms with Gasteiger partial charge in [-0.05, 0) is 31.2 Å². The van der Waals surface area contributed by atoms with Crippen molar-refractivity contribution in [2.45, 2.75) is 32.2 Å². The van der Waals surface area contributed by atoms with E-state index in [-0.39, 0.29) is 12.5 Å². The first-order chi connectivity index (χ1) is 10.2. The van der Waals surface area contributed by atoms with Crippen LogP contribution in [0, 0.1) is 11.3 Å². The molecule has 1 amide bonds. The Hall–Kier alpha value is -2.40. The van der Waals surface area contributed by atoms with Crippen molar-refractivity contribution >= 4 is 22.2 Å². The Morgan fingerprint density at radius 1 is 1.57 bits per heavy atom. The van der Waals surface area contributed by atoms with Gasteiger partial charge in [-0.15, -0.1) is 11.3 Å². The Bertz CT molecular complexity index is 728. The summed E-state index contributed by atoms with van der Waals surface area (Å²) in [4.78, 5) is 13.1. The van der Waals surface area contributed by atoms with Gasteiger partial charge in [-0.2, -0.15) is 5.26 Å². The van der Waals surface area contributed by atoms with Crippen LogP contribution in [-0.4, -0.2) is 11.2 Å². The molecule has 21 heavy (non-hydrogen) atoms. The van der Waals surface area contributed by atoms with Crippen LogP contribution < -0.4 is 15.1 Å². The van der Waals surface area contributed by atoms with Gasteiger partial charge >= 0.3 is 0 Å². The highest BCUT2D eigenvalue weighted by molar-refractivity contribution is 7.16. The lowest BCUT2D eigenvalue weighted by atomic mass is 9.96. The monoisotopic (exact) mass is 304 g/mol. The highest BCUT2D eigenvalue weighted by Crippen LogP contribution is 2.37. The predicted octanol–water partition coefficient (Wildman–Crippen LogP) is 0.486. The topological polar surface area (TPSA) is 106 Å². The van der Waals surface area contributed by atoms with Gasteiger partial charge in [-0.25, -0.2) is 0 Å². The molecular weight excluding hydrogens is 292 g/mol. The fourth-order valence-electron chi connectivity index (χ4n) is 2.42. The molecule has 0 saturated heterocycles. The van der Waals surface area contributed by atoms with Crippen molar-refractivity contribution in [2.75, 3.05) is 5.32 Å². The van der Waals surface area contributed by atoms with Gasteiger partial charge in [0, 0.05) is 4.88 Å². The normalized spacial score (nSPS) is 13.5. The molecule has 2 aromatic heterocycles. The molecule has 0 spiro atoms. The van der Waals surface area contributed by atoms with Crippen LogP contribution in [0.5, 0.6) is 5.95 Å². The number of anilines is 1. The highest BCUT2D eigenvalue weighted by atomic mass is 32.1. The lowest BCUT2D eigenvalue weighted by Crippen LogP contribution is -2.41.